The average molecular weight is 183 g/mol. The van der Waals surface area contributed by atoms with Gasteiger partial charge in [0.2, 0.25) is 0 Å². The molecule has 74 valence electrons. The van der Waals surface area contributed by atoms with Gasteiger partial charge in [0.05, 0.1) is 0 Å². The SMILES string of the molecule is CCC(CCCC(F)(F)F)NC. The zero-order valence-electron chi connectivity index (χ0n) is 7.54. The molecule has 0 aliphatic heterocycles. The van der Waals surface area contributed by atoms with Crippen molar-refractivity contribution >= 4 is 0 Å². The zero-order valence-corrected chi connectivity index (χ0v) is 7.54. The molecule has 0 amide bonds. The summed E-state index contributed by atoms with van der Waals surface area (Å²) in [6.45, 7) is 1.97. The standard InChI is InChI=1S/C8H16F3N/c1-3-7(12-2)5-4-6-8(9,10)11/h7,12H,3-6H2,1-2H3. The van der Waals surface area contributed by atoms with Crippen molar-refractivity contribution in [1.29, 1.82) is 0 Å². The van der Waals surface area contributed by atoms with Crippen molar-refractivity contribution in [3.05, 3.63) is 0 Å². The Morgan fingerprint density at radius 3 is 2.25 bits per heavy atom. The van der Waals surface area contributed by atoms with Gasteiger partial charge in [0, 0.05) is 12.5 Å². The topological polar surface area (TPSA) is 12.0 Å². The molecule has 0 aromatic rings. The van der Waals surface area contributed by atoms with Gasteiger partial charge >= 0.3 is 6.18 Å². The molecule has 0 saturated heterocycles. The molecule has 0 bridgehead atoms. The lowest BCUT2D eigenvalue weighted by molar-refractivity contribution is -0.135. The minimum absolute atomic E-state index is 0.225. The third-order valence-corrected chi connectivity index (χ3v) is 1.91. The molecular formula is C8H16F3N. The highest BCUT2D eigenvalue weighted by molar-refractivity contribution is 4.63. The van der Waals surface area contributed by atoms with E-state index in [9.17, 15) is 13.2 Å². The number of alkyl halides is 3. The molecule has 1 atom stereocenters. The van der Waals surface area contributed by atoms with Crippen LogP contribution >= 0.6 is 0 Å². The zero-order chi connectivity index (χ0) is 9.61. The summed E-state index contributed by atoms with van der Waals surface area (Å²) in [5.74, 6) is 0. The minimum Gasteiger partial charge on any atom is -0.317 e. The Kier molecular flexibility index (Phi) is 5.29. The molecule has 0 fully saturated rings. The third-order valence-electron chi connectivity index (χ3n) is 1.91. The summed E-state index contributed by atoms with van der Waals surface area (Å²) >= 11 is 0. The Bertz CT molecular complexity index is 107. The highest BCUT2D eigenvalue weighted by Gasteiger charge is 2.26. The largest absolute Gasteiger partial charge is 0.389 e. The smallest absolute Gasteiger partial charge is 0.317 e. The Morgan fingerprint density at radius 2 is 1.92 bits per heavy atom. The summed E-state index contributed by atoms with van der Waals surface area (Å²) in [4.78, 5) is 0. The van der Waals surface area contributed by atoms with Gasteiger partial charge in [-0.05, 0) is 26.3 Å². The van der Waals surface area contributed by atoms with E-state index in [1.807, 2.05) is 6.92 Å². The summed E-state index contributed by atoms with van der Waals surface area (Å²) in [6, 6.07) is 0.229. The lowest BCUT2D eigenvalue weighted by atomic mass is 10.1. The first-order valence-corrected chi connectivity index (χ1v) is 4.23. The fourth-order valence-electron chi connectivity index (χ4n) is 1.10. The Balaban J connectivity index is 3.41. The van der Waals surface area contributed by atoms with Gasteiger partial charge in [0.25, 0.3) is 0 Å². The van der Waals surface area contributed by atoms with Crippen LogP contribution in [0.5, 0.6) is 0 Å². The van der Waals surface area contributed by atoms with Crippen LogP contribution in [0, 0.1) is 0 Å². The van der Waals surface area contributed by atoms with Gasteiger partial charge in [-0.25, -0.2) is 0 Å². The van der Waals surface area contributed by atoms with E-state index in [1.165, 1.54) is 0 Å². The quantitative estimate of drug-likeness (QED) is 0.691. The lowest BCUT2D eigenvalue weighted by Crippen LogP contribution is -2.24. The summed E-state index contributed by atoms with van der Waals surface area (Å²) in [7, 11) is 1.78. The average Bonchev–Trinajstić information content (AvgIpc) is 1.96. The van der Waals surface area contributed by atoms with E-state index in [0.29, 0.717) is 6.42 Å². The van der Waals surface area contributed by atoms with Crippen molar-refractivity contribution in [2.24, 2.45) is 0 Å². The van der Waals surface area contributed by atoms with E-state index in [0.717, 1.165) is 6.42 Å². The van der Waals surface area contributed by atoms with Crippen LogP contribution in [0.1, 0.15) is 32.6 Å². The molecule has 1 nitrogen and oxygen atoms in total. The monoisotopic (exact) mass is 183 g/mol. The van der Waals surface area contributed by atoms with Crippen LogP contribution < -0.4 is 5.32 Å². The van der Waals surface area contributed by atoms with Crippen LogP contribution in [0.4, 0.5) is 13.2 Å². The van der Waals surface area contributed by atoms with E-state index < -0.39 is 12.6 Å². The second-order valence-electron chi connectivity index (χ2n) is 2.90. The van der Waals surface area contributed by atoms with Crippen molar-refractivity contribution in [1.82, 2.24) is 5.32 Å². The predicted molar refractivity (Wildman–Crippen MR) is 43.0 cm³/mol. The van der Waals surface area contributed by atoms with Gasteiger partial charge in [-0.3, -0.25) is 0 Å². The molecule has 0 aliphatic carbocycles. The Morgan fingerprint density at radius 1 is 1.33 bits per heavy atom. The molecule has 0 radical (unpaired) electrons. The van der Waals surface area contributed by atoms with Crippen molar-refractivity contribution < 1.29 is 13.2 Å². The van der Waals surface area contributed by atoms with Gasteiger partial charge in [-0.1, -0.05) is 6.92 Å². The summed E-state index contributed by atoms with van der Waals surface area (Å²) in [5.41, 5.74) is 0. The maximum atomic E-state index is 11.7. The van der Waals surface area contributed by atoms with Crippen LogP contribution in [0.2, 0.25) is 0 Å². The molecule has 1 N–H and O–H groups in total. The van der Waals surface area contributed by atoms with Crippen LogP contribution in [0.25, 0.3) is 0 Å². The molecule has 0 heterocycles. The van der Waals surface area contributed by atoms with Crippen molar-refractivity contribution in [2.45, 2.75) is 44.8 Å². The fourth-order valence-corrected chi connectivity index (χ4v) is 1.10. The molecular weight excluding hydrogens is 167 g/mol. The highest BCUT2D eigenvalue weighted by Crippen LogP contribution is 2.22. The Hall–Kier alpha value is -0.250. The second-order valence-corrected chi connectivity index (χ2v) is 2.90. The molecule has 0 rings (SSSR count). The van der Waals surface area contributed by atoms with Crippen LogP contribution in [-0.2, 0) is 0 Å². The van der Waals surface area contributed by atoms with Crippen molar-refractivity contribution in [3.63, 3.8) is 0 Å². The molecule has 0 saturated carbocycles. The van der Waals surface area contributed by atoms with Crippen LogP contribution in [-0.4, -0.2) is 19.3 Å². The van der Waals surface area contributed by atoms with Crippen LogP contribution in [0.3, 0.4) is 0 Å². The molecule has 0 aliphatic rings. The number of hydrogen-bond donors (Lipinski definition) is 1. The van der Waals surface area contributed by atoms with Gasteiger partial charge in [-0.2, -0.15) is 13.2 Å². The van der Waals surface area contributed by atoms with E-state index in [4.69, 9.17) is 0 Å². The van der Waals surface area contributed by atoms with E-state index in [2.05, 4.69) is 5.32 Å². The predicted octanol–water partition coefficient (Wildman–Crippen LogP) is 2.72. The first kappa shape index (κ1) is 11.8. The van der Waals surface area contributed by atoms with Crippen molar-refractivity contribution in [3.8, 4) is 0 Å². The first-order valence-electron chi connectivity index (χ1n) is 4.23. The molecule has 0 aromatic heterocycles. The summed E-state index contributed by atoms with van der Waals surface area (Å²) in [5, 5.41) is 2.97. The lowest BCUT2D eigenvalue weighted by Gasteiger charge is -2.13. The number of rotatable bonds is 5. The van der Waals surface area contributed by atoms with E-state index >= 15 is 0 Å². The van der Waals surface area contributed by atoms with Gasteiger partial charge < -0.3 is 5.32 Å². The van der Waals surface area contributed by atoms with Gasteiger partial charge in [-0.15, -0.1) is 0 Å². The number of nitrogens with one attached hydrogen (secondary N) is 1. The van der Waals surface area contributed by atoms with E-state index in [1.54, 1.807) is 7.05 Å². The van der Waals surface area contributed by atoms with Gasteiger partial charge in [0.1, 0.15) is 0 Å². The second kappa shape index (κ2) is 5.41. The molecule has 4 heteroatoms. The summed E-state index contributed by atoms with van der Waals surface area (Å²) in [6.07, 6.45) is -2.94. The van der Waals surface area contributed by atoms with Gasteiger partial charge in [0.15, 0.2) is 0 Å². The fraction of sp³-hybridized carbons (Fsp3) is 1.00. The number of hydrogen-bond acceptors (Lipinski definition) is 1. The molecule has 12 heavy (non-hydrogen) atoms. The first-order chi connectivity index (χ1) is 5.49. The maximum absolute atomic E-state index is 11.7. The summed E-state index contributed by atoms with van der Waals surface area (Å²) < 4.78 is 35.1. The maximum Gasteiger partial charge on any atom is 0.389 e. The molecule has 1 unspecified atom stereocenters. The molecule has 0 spiro atoms. The molecule has 0 aromatic carbocycles. The minimum atomic E-state index is -3.99. The normalized spacial score (nSPS) is 14.8. The van der Waals surface area contributed by atoms with Crippen molar-refractivity contribution in [2.75, 3.05) is 7.05 Å². The third kappa shape index (κ3) is 6.46. The van der Waals surface area contributed by atoms with Crippen LogP contribution in [0.15, 0.2) is 0 Å². The number of halogens is 3. The Labute approximate surface area is 71.3 Å². The van der Waals surface area contributed by atoms with E-state index in [-0.39, 0.29) is 12.5 Å². The highest BCUT2D eigenvalue weighted by atomic mass is 19.4.